The lowest BCUT2D eigenvalue weighted by molar-refractivity contribution is 0.177. The van der Waals surface area contributed by atoms with E-state index in [-0.39, 0.29) is 5.56 Å². The molecular weight excluding hydrogens is 313 g/mol. The second kappa shape index (κ2) is 11.1. The molecule has 3 heteroatoms. The van der Waals surface area contributed by atoms with Gasteiger partial charge >= 0.3 is 0 Å². The summed E-state index contributed by atoms with van der Waals surface area (Å²) in [6.07, 6.45) is 14.7. The van der Waals surface area contributed by atoms with E-state index in [1.807, 2.05) is 6.07 Å². The van der Waals surface area contributed by atoms with Crippen LogP contribution in [-0.2, 0) is 0 Å². The SMILES string of the molecule is CCCCCCCCC1CCC(COc2ccc(C#N)c(F)c2)CC1. The zero-order chi connectivity index (χ0) is 17.9. The molecule has 0 spiro atoms. The summed E-state index contributed by atoms with van der Waals surface area (Å²) >= 11 is 0. The Morgan fingerprint density at radius 3 is 2.40 bits per heavy atom. The highest BCUT2D eigenvalue weighted by atomic mass is 19.1. The first-order valence-electron chi connectivity index (χ1n) is 10.1. The van der Waals surface area contributed by atoms with Crippen LogP contribution in [0.3, 0.4) is 0 Å². The topological polar surface area (TPSA) is 33.0 Å². The van der Waals surface area contributed by atoms with Crippen LogP contribution in [-0.4, -0.2) is 6.61 Å². The van der Waals surface area contributed by atoms with Crippen LogP contribution in [0.15, 0.2) is 18.2 Å². The third-order valence-electron chi connectivity index (χ3n) is 5.48. The van der Waals surface area contributed by atoms with E-state index in [0.29, 0.717) is 18.3 Å². The molecule has 0 unspecified atom stereocenters. The van der Waals surface area contributed by atoms with Gasteiger partial charge in [-0.3, -0.25) is 0 Å². The standard InChI is InChI=1S/C22H32FNO/c1-2-3-4-5-6-7-8-18-9-11-19(12-10-18)17-25-21-14-13-20(16-24)22(23)15-21/h13-15,18-19H,2-12,17H2,1H3. The average Bonchev–Trinajstić information content (AvgIpc) is 2.64. The van der Waals surface area contributed by atoms with Crippen LogP contribution in [0.1, 0.15) is 83.1 Å². The van der Waals surface area contributed by atoms with E-state index in [4.69, 9.17) is 10.00 Å². The summed E-state index contributed by atoms with van der Waals surface area (Å²) in [7, 11) is 0. The molecular formula is C22H32FNO. The van der Waals surface area contributed by atoms with Crippen molar-refractivity contribution in [2.45, 2.75) is 77.6 Å². The van der Waals surface area contributed by atoms with Gasteiger partial charge in [0.25, 0.3) is 0 Å². The Hall–Kier alpha value is -1.56. The number of nitriles is 1. The molecule has 25 heavy (non-hydrogen) atoms. The van der Waals surface area contributed by atoms with Gasteiger partial charge in [-0.25, -0.2) is 4.39 Å². The molecule has 1 aliphatic rings. The van der Waals surface area contributed by atoms with Gasteiger partial charge in [0.1, 0.15) is 17.6 Å². The molecule has 0 N–H and O–H groups in total. The minimum Gasteiger partial charge on any atom is -0.493 e. The van der Waals surface area contributed by atoms with Crippen molar-refractivity contribution < 1.29 is 9.13 Å². The van der Waals surface area contributed by atoms with Crippen LogP contribution in [0, 0.1) is 29.0 Å². The highest BCUT2D eigenvalue weighted by Gasteiger charge is 2.21. The fourth-order valence-corrected chi connectivity index (χ4v) is 3.79. The number of halogens is 1. The van der Waals surface area contributed by atoms with Gasteiger partial charge in [-0.15, -0.1) is 0 Å². The number of unbranched alkanes of at least 4 members (excludes halogenated alkanes) is 5. The Morgan fingerprint density at radius 2 is 1.72 bits per heavy atom. The number of nitrogens with zero attached hydrogens (tertiary/aromatic N) is 1. The maximum absolute atomic E-state index is 13.6. The summed E-state index contributed by atoms with van der Waals surface area (Å²) in [5.41, 5.74) is 0.0718. The molecule has 1 aliphatic carbocycles. The van der Waals surface area contributed by atoms with Gasteiger partial charge < -0.3 is 4.74 Å². The van der Waals surface area contributed by atoms with Crippen LogP contribution in [0.4, 0.5) is 4.39 Å². The first-order chi connectivity index (χ1) is 12.2. The zero-order valence-corrected chi connectivity index (χ0v) is 15.6. The molecule has 1 aromatic rings. The maximum Gasteiger partial charge on any atom is 0.144 e. The Bertz CT molecular complexity index is 543. The number of rotatable bonds is 10. The van der Waals surface area contributed by atoms with E-state index < -0.39 is 5.82 Å². The van der Waals surface area contributed by atoms with Crippen LogP contribution < -0.4 is 4.74 Å². The second-order valence-corrected chi connectivity index (χ2v) is 7.51. The van der Waals surface area contributed by atoms with Crippen molar-refractivity contribution in [1.29, 1.82) is 5.26 Å². The molecule has 0 radical (unpaired) electrons. The van der Waals surface area contributed by atoms with Crippen molar-refractivity contribution in [1.82, 2.24) is 0 Å². The van der Waals surface area contributed by atoms with E-state index in [0.717, 1.165) is 5.92 Å². The predicted molar refractivity (Wildman–Crippen MR) is 100 cm³/mol. The molecule has 0 aliphatic heterocycles. The maximum atomic E-state index is 13.6. The van der Waals surface area contributed by atoms with Crippen LogP contribution in [0.25, 0.3) is 0 Å². The molecule has 1 aromatic carbocycles. The summed E-state index contributed by atoms with van der Waals surface area (Å²) in [6.45, 7) is 2.93. The van der Waals surface area contributed by atoms with E-state index >= 15 is 0 Å². The average molecular weight is 346 g/mol. The lowest BCUT2D eigenvalue weighted by atomic mass is 9.80. The molecule has 2 rings (SSSR count). The third-order valence-corrected chi connectivity index (χ3v) is 5.48. The summed E-state index contributed by atoms with van der Waals surface area (Å²) in [5.74, 6) is 1.52. The lowest BCUT2D eigenvalue weighted by Crippen LogP contribution is -2.20. The molecule has 0 aromatic heterocycles. The molecule has 0 saturated heterocycles. The van der Waals surface area contributed by atoms with Gasteiger partial charge in [-0.05, 0) is 36.8 Å². The van der Waals surface area contributed by atoms with Crippen LogP contribution in [0.5, 0.6) is 5.75 Å². The van der Waals surface area contributed by atoms with Gasteiger partial charge in [0.15, 0.2) is 0 Å². The highest BCUT2D eigenvalue weighted by molar-refractivity contribution is 5.36. The minimum atomic E-state index is -0.498. The monoisotopic (exact) mass is 345 g/mol. The Labute approximate surface area is 152 Å². The van der Waals surface area contributed by atoms with E-state index in [9.17, 15) is 4.39 Å². The Morgan fingerprint density at radius 1 is 1.04 bits per heavy atom. The van der Waals surface area contributed by atoms with Crippen molar-refractivity contribution in [3.05, 3.63) is 29.6 Å². The highest BCUT2D eigenvalue weighted by Crippen LogP contribution is 2.32. The molecule has 2 nitrogen and oxygen atoms in total. The third kappa shape index (κ3) is 7.06. The fraction of sp³-hybridized carbons (Fsp3) is 0.682. The summed E-state index contributed by atoms with van der Waals surface area (Å²) in [6, 6.07) is 6.33. The summed E-state index contributed by atoms with van der Waals surface area (Å²) in [4.78, 5) is 0. The van der Waals surface area contributed by atoms with Gasteiger partial charge in [0.2, 0.25) is 0 Å². The van der Waals surface area contributed by atoms with Crippen molar-refractivity contribution in [3.8, 4) is 11.8 Å². The molecule has 0 bridgehead atoms. The van der Waals surface area contributed by atoms with E-state index in [1.54, 1.807) is 6.07 Å². The first-order valence-corrected chi connectivity index (χ1v) is 10.1. The largest absolute Gasteiger partial charge is 0.493 e. The molecule has 0 heterocycles. The van der Waals surface area contributed by atoms with Crippen molar-refractivity contribution >= 4 is 0 Å². The fourth-order valence-electron chi connectivity index (χ4n) is 3.79. The Balaban J connectivity index is 1.59. The number of hydrogen-bond acceptors (Lipinski definition) is 2. The normalized spacial score (nSPS) is 20.2. The number of ether oxygens (including phenoxy) is 1. The Kier molecular flexibility index (Phi) is 8.80. The molecule has 1 fully saturated rings. The first kappa shape index (κ1) is 19.8. The molecule has 0 atom stereocenters. The molecule has 138 valence electrons. The van der Waals surface area contributed by atoms with Gasteiger partial charge in [0, 0.05) is 6.07 Å². The summed E-state index contributed by atoms with van der Waals surface area (Å²) < 4.78 is 19.3. The molecule has 0 amide bonds. The van der Waals surface area contributed by atoms with Crippen LogP contribution in [0.2, 0.25) is 0 Å². The quantitative estimate of drug-likeness (QED) is 0.446. The predicted octanol–water partition coefficient (Wildman–Crippen LogP) is 6.63. The van der Waals surface area contributed by atoms with Gasteiger partial charge in [-0.1, -0.05) is 64.7 Å². The zero-order valence-electron chi connectivity index (χ0n) is 15.6. The smallest absolute Gasteiger partial charge is 0.144 e. The van der Waals surface area contributed by atoms with E-state index in [1.165, 1.54) is 82.8 Å². The lowest BCUT2D eigenvalue weighted by Gasteiger charge is -2.28. The van der Waals surface area contributed by atoms with Crippen molar-refractivity contribution in [2.75, 3.05) is 6.61 Å². The second-order valence-electron chi connectivity index (χ2n) is 7.51. The van der Waals surface area contributed by atoms with E-state index in [2.05, 4.69) is 6.92 Å². The number of hydrogen-bond donors (Lipinski definition) is 0. The van der Waals surface area contributed by atoms with Gasteiger partial charge in [-0.2, -0.15) is 5.26 Å². The van der Waals surface area contributed by atoms with Gasteiger partial charge in [0.05, 0.1) is 12.2 Å². The van der Waals surface area contributed by atoms with Crippen molar-refractivity contribution in [2.24, 2.45) is 11.8 Å². The van der Waals surface area contributed by atoms with Crippen LogP contribution >= 0.6 is 0 Å². The molecule has 1 saturated carbocycles. The van der Waals surface area contributed by atoms with Crippen molar-refractivity contribution in [3.63, 3.8) is 0 Å². The summed E-state index contributed by atoms with van der Waals surface area (Å²) in [5, 5.41) is 8.75. The number of benzene rings is 1. The minimum absolute atomic E-state index is 0.0718.